The van der Waals surface area contributed by atoms with Crippen molar-refractivity contribution in [3.63, 3.8) is 0 Å². The summed E-state index contributed by atoms with van der Waals surface area (Å²) >= 11 is 0. The Hall–Kier alpha value is -2.49. The van der Waals surface area contributed by atoms with Crippen molar-refractivity contribution in [1.82, 2.24) is 5.32 Å². The van der Waals surface area contributed by atoms with Crippen molar-refractivity contribution in [2.75, 3.05) is 19.0 Å². The number of hydrogen-bond acceptors (Lipinski definition) is 4. The molecule has 0 saturated heterocycles. The number of hydrogen-bond donors (Lipinski definition) is 3. The van der Waals surface area contributed by atoms with E-state index < -0.39 is 0 Å². The number of benzene rings is 2. The Morgan fingerprint density at radius 2 is 2.11 bits per heavy atom. The lowest BCUT2D eigenvalue weighted by Crippen LogP contribution is -2.37. The summed E-state index contributed by atoms with van der Waals surface area (Å²) in [4.78, 5) is 15.8. The van der Waals surface area contributed by atoms with Crippen LogP contribution in [-0.4, -0.2) is 25.6 Å². The molecule has 2 aromatic carbocycles. The zero-order chi connectivity index (χ0) is 19.2. The zero-order valence-corrected chi connectivity index (χ0v) is 18.2. The molecule has 2 aromatic rings. The highest BCUT2D eigenvalue weighted by Crippen LogP contribution is 2.31. The summed E-state index contributed by atoms with van der Waals surface area (Å²) in [6.45, 7) is 2.48. The molecule has 0 radical (unpaired) electrons. The van der Waals surface area contributed by atoms with Crippen LogP contribution in [0, 0.1) is 0 Å². The van der Waals surface area contributed by atoms with E-state index in [9.17, 15) is 4.79 Å². The number of para-hydroxylation sites is 1. The summed E-state index contributed by atoms with van der Waals surface area (Å²) in [5, 5.41) is 6.02. The number of ether oxygens (including phenoxy) is 2. The molecule has 7 nitrogen and oxygen atoms in total. The lowest BCUT2D eigenvalue weighted by atomic mass is 10.0. The minimum absolute atomic E-state index is 0. The molecule has 0 bridgehead atoms. The maximum atomic E-state index is 11.3. The summed E-state index contributed by atoms with van der Waals surface area (Å²) in [6.07, 6.45) is 0.822. The average molecular weight is 496 g/mol. The number of anilines is 1. The molecule has 8 heteroatoms. The first kappa shape index (κ1) is 21.8. The van der Waals surface area contributed by atoms with Crippen LogP contribution in [-0.2, 0) is 11.3 Å². The van der Waals surface area contributed by atoms with Crippen molar-refractivity contribution < 1.29 is 14.3 Å². The van der Waals surface area contributed by atoms with Crippen molar-refractivity contribution in [3.05, 3.63) is 53.6 Å². The maximum Gasteiger partial charge on any atom is 0.221 e. The molecular weight excluding hydrogens is 471 g/mol. The van der Waals surface area contributed by atoms with Crippen LogP contribution in [0.3, 0.4) is 0 Å². The Morgan fingerprint density at radius 1 is 1.32 bits per heavy atom. The van der Waals surface area contributed by atoms with E-state index in [1.165, 1.54) is 6.92 Å². The molecule has 1 atom stereocenters. The predicted molar refractivity (Wildman–Crippen MR) is 120 cm³/mol. The smallest absolute Gasteiger partial charge is 0.221 e. The van der Waals surface area contributed by atoms with Crippen molar-refractivity contribution in [3.8, 4) is 11.5 Å². The maximum absolute atomic E-state index is 11.3. The van der Waals surface area contributed by atoms with Gasteiger partial charge in [0.25, 0.3) is 0 Å². The van der Waals surface area contributed by atoms with Crippen molar-refractivity contribution in [1.29, 1.82) is 0 Å². The summed E-state index contributed by atoms with van der Waals surface area (Å²) < 4.78 is 10.9. The number of methoxy groups -OCH3 is 1. The number of aliphatic imine (C=N–C) groups is 1. The SMILES string of the molecule is COc1ccc(CN=C(N)NC2CCOc3ccccc32)cc1NC(C)=O.I. The van der Waals surface area contributed by atoms with Crippen LogP contribution in [0.15, 0.2) is 47.5 Å². The third-order valence-electron chi connectivity index (χ3n) is 4.29. The van der Waals surface area contributed by atoms with E-state index in [-0.39, 0.29) is 35.9 Å². The molecule has 1 aliphatic heterocycles. The monoisotopic (exact) mass is 496 g/mol. The van der Waals surface area contributed by atoms with Crippen molar-refractivity contribution in [2.24, 2.45) is 10.7 Å². The Bertz CT molecular complexity index is 857. The van der Waals surface area contributed by atoms with Crippen LogP contribution in [0.1, 0.15) is 30.5 Å². The van der Waals surface area contributed by atoms with Crippen molar-refractivity contribution in [2.45, 2.75) is 25.9 Å². The van der Waals surface area contributed by atoms with Gasteiger partial charge in [0.2, 0.25) is 5.91 Å². The molecule has 0 aromatic heterocycles. The van der Waals surface area contributed by atoms with Gasteiger partial charge in [0.1, 0.15) is 11.5 Å². The first-order valence-electron chi connectivity index (χ1n) is 8.79. The topological polar surface area (TPSA) is 98.0 Å². The number of carbonyl (C=O) groups excluding carboxylic acids is 1. The molecule has 3 rings (SSSR count). The Balaban J connectivity index is 0.00000280. The number of amides is 1. The Labute approximate surface area is 181 Å². The van der Waals surface area contributed by atoms with Crippen LogP contribution in [0.25, 0.3) is 0 Å². The molecular formula is C20H25IN4O3. The molecule has 1 amide bonds. The molecule has 150 valence electrons. The molecule has 0 spiro atoms. The highest BCUT2D eigenvalue weighted by atomic mass is 127. The number of halogens is 1. The quantitative estimate of drug-likeness (QED) is 0.336. The van der Waals surface area contributed by atoms with E-state index >= 15 is 0 Å². The molecule has 28 heavy (non-hydrogen) atoms. The van der Waals surface area contributed by atoms with Crippen LogP contribution in [0.5, 0.6) is 11.5 Å². The summed E-state index contributed by atoms with van der Waals surface area (Å²) in [6, 6.07) is 13.5. The lowest BCUT2D eigenvalue weighted by molar-refractivity contribution is -0.114. The highest BCUT2D eigenvalue weighted by Gasteiger charge is 2.21. The number of fused-ring (bicyclic) bond motifs is 1. The fourth-order valence-electron chi connectivity index (χ4n) is 3.03. The second-order valence-electron chi connectivity index (χ2n) is 6.29. The van der Waals surface area contributed by atoms with Gasteiger partial charge in [-0.2, -0.15) is 0 Å². The molecule has 4 N–H and O–H groups in total. The van der Waals surface area contributed by atoms with E-state index in [4.69, 9.17) is 15.2 Å². The van der Waals surface area contributed by atoms with Gasteiger partial charge in [-0.15, -0.1) is 24.0 Å². The third kappa shape index (κ3) is 5.51. The fraction of sp³-hybridized carbons (Fsp3) is 0.300. The fourth-order valence-corrected chi connectivity index (χ4v) is 3.03. The van der Waals surface area contributed by atoms with E-state index in [0.29, 0.717) is 30.5 Å². The van der Waals surface area contributed by atoms with Gasteiger partial charge in [0.15, 0.2) is 5.96 Å². The molecule has 0 saturated carbocycles. The average Bonchev–Trinajstić information content (AvgIpc) is 2.66. The largest absolute Gasteiger partial charge is 0.495 e. The van der Waals surface area contributed by atoms with Gasteiger partial charge in [-0.1, -0.05) is 24.3 Å². The lowest BCUT2D eigenvalue weighted by Gasteiger charge is -2.26. The minimum atomic E-state index is -0.159. The summed E-state index contributed by atoms with van der Waals surface area (Å²) in [7, 11) is 1.56. The second kappa shape index (κ2) is 10.2. The number of nitrogens with one attached hydrogen (secondary N) is 2. The number of rotatable bonds is 5. The molecule has 0 aliphatic carbocycles. The minimum Gasteiger partial charge on any atom is -0.495 e. The van der Waals surface area contributed by atoms with E-state index in [1.807, 2.05) is 36.4 Å². The number of carbonyl (C=O) groups is 1. The first-order valence-corrected chi connectivity index (χ1v) is 8.79. The number of nitrogens with zero attached hydrogens (tertiary/aromatic N) is 1. The number of guanidine groups is 1. The zero-order valence-electron chi connectivity index (χ0n) is 15.9. The normalized spacial score (nSPS) is 15.5. The first-order chi connectivity index (χ1) is 13.1. The van der Waals surface area contributed by atoms with Gasteiger partial charge < -0.3 is 25.8 Å². The van der Waals surface area contributed by atoms with Gasteiger partial charge in [-0.05, 0) is 23.8 Å². The van der Waals surface area contributed by atoms with Gasteiger partial charge in [-0.25, -0.2) is 4.99 Å². The number of nitrogens with two attached hydrogens (primary N) is 1. The highest BCUT2D eigenvalue weighted by molar-refractivity contribution is 14.0. The van der Waals surface area contributed by atoms with Crippen molar-refractivity contribution >= 4 is 41.5 Å². The molecule has 1 unspecified atom stereocenters. The summed E-state index contributed by atoms with van der Waals surface area (Å²) in [5.41, 5.74) is 8.70. The third-order valence-corrected chi connectivity index (χ3v) is 4.29. The van der Waals surface area contributed by atoms with Crippen LogP contribution in [0.2, 0.25) is 0 Å². The Kier molecular flexibility index (Phi) is 7.91. The van der Waals surface area contributed by atoms with Gasteiger partial charge in [0.05, 0.1) is 32.0 Å². The van der Waals surface area contributed by atoms with Crippen LogP contribution < -0.4 is 25.8 Å². The van der Waals surface area contributed by atoms with E-state index in [2.05, 4.69) is 15.6 Å². The van der Waals surface area contributed by atoms with E-state index in [0.717, 1.165) is 23.3 Å². The molecule has 1 aliphatic rings. The van der Waals surface area contributed by atoms with Gasteiger partial charge in [-0.3, -0.25) is 4.79 Å². The molecule has 1 heterocycles. The molecule has 0 fully saturated rings. The summed E-state index contributed by atoms with van der Waals surface area (Å²) in [5.74, 6) is 1.69. The van der Waals surface area contributed by atoms with Gasteiger partial charge in [0, 0.05) is 18.9 Å². The predicted octanol–water partition coefficient (Wildman–Crippen LogP) is 3.20. The van der Waals surface area contributed by atoms with Gasteiger partial charge >= 0.3 is 0 Å². The van der Waals surface area contributed by atoms with Crippen LogP contribution in [0.4, 0.5) is 5.69 Å². The van der Waals surface area contributed by atoms with Crippen LogP contribution >= 0.6 is 24.0 Å². The standard InChI is InChI=1S/C20H24N4O3.HI/c1-13(25)23-17-11-14(7-8-19(17)26-2)12-22-20(21)24-16-9-10-27-18-6-4-3-5-15(16)18;/h3-8,11,16H,9-10,12H2,1-2H3,(H,23,25)(H3,21,22,24);1H. The second-order valence-corrected chi connectivity index (χ2v) is 6.29. The Morgan fingerprint density at radius 3 is 2.86 bits per heavy atom. The van der Waals surface area contributed by atoms with E-state index in [1.54, 1.807) is 13.2 Å².